The van der Waals surface area contributed by atoms with E-state index in [1.165, 1.54) is 6.33 Å². The van der Waals surface area contributed by atoms with Gasteiger partial charge in [0.15, 0.2) is 5.82 Å². The zero-order valence-electron chi connectivity index (χ0n) is 6.70. The molecule has 5 nitrogen and oxygen atoms in total. The normalized spacial score (nSPS) is 10.8. The Morgan fingerprint density at radius 1 is 1.50 bits per heavy atom. The van der Waals surface area contributed by atoms with E-state index in [4.69, 9.17) is 5.73 Å². The summed E-state index contributed by atoms with van der Waals surface area (Å²) in [6.45, 7) is 2.02. The predicted octanol–water partition coefficient (Wildman–Crippen LogP) is 0.498. The molecule has 0 saturated carbocycles. The Kier molecular flexibility index (Phi) is 1.43. The quantitative estimate of drug-likeness (QED) is 0.641. The number of aromatic nitrogens is 4. The number of rotatable bonds is 1. The summed E-state index contributed by atoms with van der Waals surface area (Å²) >= 11 is 0. The smallest absolute Gasteiger partial charge is 0.152 e. The first-order chi connectivity index (χ1) is 5.83. The van der Waals surface area contributed by atoms with Crippen LogP contribution < -0.4 is 5.73 Å². The van der Waals surface area contributed by atoms with Crippen molar-refractivity contribution in [1.29, 1.82) is 0 Å². The lowest BCUT2D eigenvalue weighted by molar-refractivity contribution is 0.985. The van der Waals surface area contributed by atoms with Crippen molar-refractivity contribution in [2.75, 3.05) is 5.73 Å². The number of fused-ring (bicyclic) bond motifs is 1. The minimum Gasteiger partial charge on any atom is -0.382 e. The molecule has 0 fully saturated rings. The van der Waals surface area contributed by atoms with Crippen molar-refractivity contribution >= 4 is 16.9 Å². The summed E-state index contributed by atoms with van der Waals surface area (Å²) in [6.07, 6.45) is 2.29. The molecule has 0 atom stereocenters. The first-order valence-corrected chi connectivity index (χ1v) is 3.76. The molecule has 0 bridgehead atoms. The van der Waals surface area contributed by atoms with Crippen LogP contribution in [0, 0.1) is 0 Å². The van der Waals surface area contributed by atoms with E-state index in [1.807, 2.05) is 6.92 Å². The summed E-state index contributed by atoms with van der Waals surface area (Å²) in [5.41, 5.74) is 8.09. The van der Waals surface area contributed by atoms with Gasteiger partial charge in [0.1, 0.15) is 17.4 Å². The molecule has 0 aliphatic carbocycles. The average Bonchev–Trinajstić information content (AvgIpc) is 2.49. The number of H-pyrrole nitrogens is 1. The lowest BCUT2D eigenvalue weighted by Gasteiger charge is -1.92. The summed E-state index contributed by atoms with van der Waals surface area (Å²) < 4.78 is 0. The van der Waals surface area contributed by atoms with Crippen LogP contribution >= 0.6 is 0 Å². The molecule has 0 spiro atoms. The summed E-state index contributed by atoms with van der Waals surface area (Å²) in [4.78, 5) is 7.94. The highest BCUT2D eigenvalue weighted by Gasteiger charge is 2.06. The van der Waals surface area contributed by atoms with Gasteiger partial charge in [-0.1, -0.05) is 6.92 Å². The SMILES string of the molecule is CCc1n[nH]c2c(N)ncnc12. The lowest BCUT2D eigenvalue weighted by Crippen LogP contribution is -1.92. The second-order valence-electron chi connectivity index (χ2n) is 2.51. The Hall–Kier alpha value is -1.65. The molecule has 0 radical (unpaired) electrons. The molecule has 3 N–H and O–H groups in total. The van der Waals surface area contributed by atoms with E-state index in [9.17, 15) is 0 Å². The third kappa shape index (κ3) is 0.827. The van der Waals surface area contributed by atoms with Crippen molar-refractivity contribution in [3.05, 3.63) is 12.0 Å². The van der Waals surface area contributed by atoms with Crippen LogP contribution in [-0.4, -0.2) is 20.2 Å². The second kappa shape index (κ2) is 2.44. The Labute approximate surface area is 69.0 Å². The lowest BCUT2D eigenvalue weighted by atomic mass is 10.3. The number of hydrogen-bond donors (Lipinski definition) is 2. The fourth-order valence-electron chi connectivity index (χ4n) is 1.15. The number of anilines is 1. The van der Waals surface area contributed by atoms with Crippen LogP contribution in [0.1, 0.15) is 12.6 Å². The summed E-state index contributed by atoms with van der Waals surface area (Å²) in [5, 5.41) is 6.87. The predicted molar refractivity (Wildman–Crippen MR) is 45.5 cm³/mol. The van der Waals surface area contributed by atoms with Gasteiger partial charge in [-0.3, -0.25) is 5.10 Å². The van der Waals surface area contributed by atoms with E-state index in [-0.39, 0.29) is 0 Å². The van der Waals surface area contributed by atoms with Crippen LogP contribution in [0.2, 0.25) is 0 Å². The van der Waals surface area contributed by atoms with Gasteiger partial charge in [0, 0.05) is 0 Å². The molecule has 12 heavy (non-hydrogen) atoms. The zero-order chi connectivity index (χ0) is 8.55. The number of nitrogens with one attached hydrogen (secondary N) is 1. The third-order valence-corrected chi connectivity index (χ3v) is 1.79. The highest BCUT2D eigenvalue weighted by Crippen LogP contribution is 2.16. The van der Waals surface area contributed by atoms with Gasteiger partial charge >= 0.3 is 0 Å². The molecule has 2 aromatic heterocycles. The van der Waals surface area contributed by atoms with E-state index in [2.05, 4.69) is 20.2 Å². The van der Waals surface area contributed by atoms with Crippen molar-refractivity contribution < 1.29 is 0 Å². The molecule has 0 aromatic carbocycles. The molecule has 0 saturated heterocycles. The molecule has 2 rings (SSSR count). The van der Waals surface area contributed by atoms with E-state index < -0.39 is 0 Å². The van der Waals surface area contributed by atoms with Gasteiger partial charge in [0.2, 0.25) is 0 Å². The van der Waals surface area contributed by atoms with Gasteiger partial charge in [-0.05, 0) is 6.42 Å². The van der Waals surface area contributed by atoms with E-state index in [0.29, 0.717) is 5.82 Å². The van der Waals surface area contributed by atoms with Crippen molar-refractivity contribution in [1.82, 2.24) is 20.2 Å². The maximum Gasteiger partial charge on any atom is 0.152 e. The summed E-state index contributed by atoms with van der Waals surface area (Å²) in [6, 6.07) is 0. The molecule has 2 heterocycles. The van der Waals surface area contributed by atoms with Gasteiger partial charge in [0.05, 0.1) is 5.69 Å². The van der Waals surface area contributed by atoms with Gasteiger partial charge in [-0.15, -0.1) is 0 Å². The Bertz CT molecular complexity index is 405. The van der Waals surface area contributed by atoms with E-state index in [0.717, 1.165) is 23.1 Å². The van der Waals surface area contributed by atoms with Gasteiger partial charge in [-0.2, -0.15) is 5.10 Å². The highest BCUT2D eigenvalue weighted by molar-refractivity contribution is 5.85. The van der Waals surface area contributed by atoms with Crippen LogP contribution in [0.25, 0.3) is 11.0 Å². The number of nitrogens with two attached hydrogens (primary N) is 1. The molecule has 0 aliphatic rings. The minimum atomic E-state index is 0.451. The van der Waals surface area contributed by atoms with Gasteiger partial charge in [-0.25, -0.2) is 9.97 Å². The topological polar surface area (TPSA) is 80.5 Å². The standard InChI is InChI=1S/C7H9N5/c1-2-4-5-6(12-11-4)7(8)10-3-9-5/h3H,2H2,1H3,(H,11,12)(H2,8,9,10). The molecular weight excluding hydrogens is 154 g/mol. The fourth-order valence-corrected chi connectivity index (χ4v) is 1.15. The van der Waals surface area contributed by atoms with Gasteiger partial charge < -0.3 is 5.73 Å². The van der Waals surface area contributed by atoms with Crippen molar-refractivity contribution in [3.63, 3.8) is 0 Å². The number of nitrogen functional groups attached to an aromatic ring is 1. The first kappa shape index (κ1) is 7.02. The van der Waals surface area contributed by atoms with Crippen molar-refractivity contribution in [2.24, 2.45) is 0 Å². The molecule has 0 aliphatic heterocycles. The highest BCUT2D eigenvalue weighted by atomic mass is 15.1. The zero-order valence-corrected chi connectivity index (χ0v) is 6.70. The molecule has 2 aromatic rings. The van der Waals surface area contributed by atoms with Gasteiger partial charge in [0.25, 0.3) is 0 Å². The monoisotopic (exact) mass is 163 g/mol. The minimum absolute atomic E-state index is 0.451. The van der Waals surface area contributed by atoms with Crippen LogP contribution in [0.4, 0.5) is 5.82 Å². The average molecular weight is 163 g/mol. The van der Waals surface area contributed by atoms with Crippen LogP contribution in [-0.2, 0) is 6.42 Å². The van der Waals surface area contributed by atoms with Crippen LogP contribution in [0.5, 0.6) is 0 Å². The molecular formula is C7H9N5. The summed E-state index contributed by atoms with van der Waals surface area (Å²) in [5.74, 6) is 0.451. The van der Waals surface area contributed by atoms with E-state index >= 15 is 0 Å². The number of aryl methyl sites for hydroxylation is 1. The van der Waals surface area contributed by atoms with E-state index in [1.54, 1.807) is 0 Å². The number of aromatic amines is 1. The first-order valence-electron chi connectivity index (χ1n) is 3.76. The Balaban J connectivity index is 2.80. The maximum atomic E-state index is 5.60. The van der Waals surface area contributed by atoms with Crippen molar-refractivity contribution in [3.8, 4) is 0 Å². The van der Waals surface area contributed by atoms with Crippen LogP contribution in [0.3, 0.4) is 0 Å². The number of hydrogen-bond acceptors (Lipinski definition) is 4. The molecule has 0 amide bonds. The third-order valence-electron chi connectivity index (χ3n) is 1.79. The largest absolute Gasteiger partial charge is 0.382 e. The van der Waals surface area contributed by atoms with Crippen LogP contribution in [0.15, 0.2) is 6.33 Å². The fraction of sp³-hybridized carbons (Fsp3) is 0.286. The Morgan fingerprint density at radius 2 is 2.33 bits per heavy atom. The maximum absolute atomic E-state index is 5.60. The summed E-state index contributed by atoms with van der Waals surface area (Å²) in [7, 11) is 0. The molecule has 5 heteroatoms. The number of nitrogens with zero attached hydrogens (tertiary/aromatic N) is 3. The molecule has 62 valence electrons. The molecule has 0 unspecified atom stereocenters. The van der Waals surface area contributed by atoms with Crippen molar-refractivity contribution in [2.45, 2.75) is 13.3 Å². The Morgan fingerprint density at radius 3 is 3.08 bits per heavy atom. The second-order valence-corrected chi connectivity index (χ2v) is 2.51.